The minimum Gasteiger partial charge on any atom is -0.412 e. The van der Waals surface area contributed by atoms with Crippen molar-refractivity contribution in [2.75, 3.05) is 0 Å². The number of nitrogens with one attached hydrogen (secondary N) is 2. The van der Waals surface area contributed by atoms with Crippen LogP contribution in [-0.4, -0.2) is 29.4 Å². The van der Waals surface area contributed by atoms with Crippen LogP contribution in [0.2, 0.25) is 0 Å². The molecule has 2 atom stereocenters. The molecule has 0 amide bonds. The number of hydrogen-bond acceptors (Lipinski definition) is 3. The Labute approximate surface area is 83.6 Å². The lowest BCUT2D eigenvalue weighted by molar-refractivity contribution is 0.168. The molecule has 1 aromatic heterocycles. The topological polar surface area (TPSA) is 49.9 Å². The van der Waals surface area contributed by atoms with Crippen LogP contribution < -0.4 is 10.8 Å². The summed E-state index contributed by atoms with van der Waals surface area (Å²) < 4.78 is 5.93. The van der Waals surface area contributed by atoms with Gasteiger partial charge in [-0.25, -0.2) is 0 Å². The van der Waals surface area contributed by atoms with Gasteiger partial charge in [-0.15, -0.1) is 0 Å². The zero-order chi connectivity index (χ0) is 9.38. The van der Waals surface area contributed by atoms with Gasteiger partial charge in [0.1, 0.15) is 0 Å². The van der Waals surface area contributed by atoms with Gasteiger partial charge in [-0.05, 0) is 18.9 Å². The molecule has 4 nitrogen and oxygen atoms in total. The smallest absolute Gasteiger partial charge is 0.412 e. The van der Waals surface area contributed by atoms with Crippen LogP contribution in [0.3, 0.4) is 0 Å². The first-order chi connectivity index (χ1) is 6.93. The highest BCUT2D eigenvalue weighted by molar-refractivity contribution is 6.64. The molecule has 0 bridgehead atoms. The third-order valence-electron chi connectivity index (χ3n) is 3.18. The Bertz CT molecular complexity index is 289. The van der Waals surface area contributed by atoms with Crippen LogP contribution in [0.4, 0.5) is 0 Å². The van der Waals surface area contributed by atoms with Gasteiger partial charge in [-0.3, -0.25) is 5.10 Å². The third kappa shape index (κ3) is 1.37. The summed E-state index contributed by atoms with van der Waals surface area (Å²) in [6.07, 6.45) is 7.25. The van der Waals surface area contributed by atoms with Crippen molar-refractivity contribution in [3.63, 3.8) is 0 Å². The molecule has 1 saturated heterocycles. The van der Waals surface area contributed by atoms with Crippen LogP contribution >= 0.6 is 0 Å². The Morgan fingerprint density at radius 3 is 3.14 bits per heavy atom. The normalized spacial score (nSPS) is 31.9. The maximum absolute atomic E-state index is 5.93. The average Bonchev–Trinajstić information content (AvgIpc) is 2.86. The van der Waals surface area contributed by atoms with Gasteiger partial charge in [0.05, 0.1) is 11.7 Å². The molecule has 0 spiro atoms. The number of aromatic amines is 1. The molecule has 0 radical (unpaired) electrons. The predicted molar refractivity (Wildman–Crippen MR) is 54.2 cm³/mol. The van der Waals surface area contributed by atoms with E-state index < -0.39 is 0 Å². The van der Waals surface area contributed by atoms with Crippen LogP contribution in [0.15, 0.2) is 12.3 Å². The summed E-state index contributed by atoms with van der Waals surface area (Å²) in [7, 11) is 0.0330. The molecule has 14 heavy (non-hydrogen) atoms. The summed E-state index contributed by atoms with van der Waals surface area (Å²) in [6.45, 7) is 0. The van der Waals surface area contributed by atoms with Crippen molar-refractivity contribution in [2.24, 2.45) is 0 Å². The molecule has 1 aliphatic heterocycles. The molecule has 74 valence electrons. The molecule has 1 aromatic rings. The number of nitrogens with zero attached hydrogens (tertiary/aromatic N) is 1. The fourth-order valence-electron chi connectivity index (χ4n) is 2.43. The Morgan fingerprint density at radius 2 is 2.36 bits per heavy atom. The number of aromatic nitrogens is 2. The summed E-state index contributed by atoms with van der Waals surface area (Å²) >= 11 is 0. The standard InChI is InChI=1S/C9H14BN3O/c1-2-4-8-7(3-1)12-10(14-8)9-5-6-11-13-9/h5-8,12H,1-4H2,(H,11,13)/t7-,8+/m0/s1. The maximum Gasteiger partial charge on any atom is 0.435 e. The van der Waals surface area contributed by atoms with Crippen LogP contribution in [-0.2, 0) is 4.65 Å². The summed E-state index contributed by atoms with van der Waals surface area (Å²) in [5, 5.41) is 10.4. The highest BCUT2D eigenvalue weighted by Gasteiger charge is 2.40. The Hall–Kier alpha value is -0.805. The van der Waals surface area contributed by atoms with Gasteiger partial charge >= 0.3 is 7.05 Å². The summed E-state index contributed by atoms with van der Waals surface area (Å²) in [5.74, 6) is 0. The molecule has 1 aliphatic carbocycles. The van der Waals surface area contributed by atoms with Crippen molar-refractivity contribution < 1.29 is 4.65 Å². The van der Waals surface area contributed by atoms with E-state index in [2.05, 4.69) is 15.4 Å². The molecule has 2 fully saturated rings. The Kier molecular flexibility index (Phi) is 2.07. The van der Waals surface area contributed by atoms with Gasteiger partial charge in [-0.2, -0.15) is 5.10 Å². The molecule has 2 aliphatic rings. The van der Waals surface area contributed by atoms with E-state index in [0.29, 0.717) is 12.1 Å². The molecular weight excluding hydrogens is 177 g/mol. The lowest BCUT2D eigenvalue weighted by atomic mass is 9.79. The molecule has 2 N–H and O–H groups in total. The zero-order valence-corrected chi connectivity index (χ0v) is 8.07. The van der Waals surface area contributed by atoms with Crippen LogP contribution in [0.25, 0.3) is 0 Å². The predicted octanol–water partition coefficient (Wildman–Crippen LogP) is 0.0359. The van der Waals surface area contributed by atoms with Crippen LogP contribution in [0.1, 0.15) is 25.7 Å². The van der Waals surface area contributed by atoms with E-state index >= 15 is 0 Å². The summed E-state index contributed by atoms with van der Waals surface area (Å²) in [5.41, 5.74) is 1.04. The highest BCUT2D eigenvalue weighted by Crippen LogP contribution is 2.25. The van der Waals surface area contributed by atoms with Crippen molar-refractivity contribution in [1.29, 1.82) is 0 Å². The van der Waals surface area contributed by atoms with E-state index in [1.807, 2.05) is 6.07 Å². The Balaban J connectivity index is 1.74. The maximum atomic E-state index is 5.93. The summed E-state index contributed by atoms with van der Waals surface area (Å²) in [6, 6.07) is 2.52. The molecular formula is C9H14BN3O. The first kappa shape index (κ1) is 8.50. The monoisotopic (exact) mass is 191 g/mol. The van der Waals surface area contributed by atoms with Gasteiger partial charge in [0, 0.05) is 12.2 Å². The van der Waals surface area contributed by atoms with Gasteiger partial charge < -0.3 is 9.88 Å². The fraction of sp³-hybridized carbons (Fsp3) is 0.667. The van der Waals surface area contributed by atoms with E-state index in [0.717, 1.165) is 5.59 Å². The number of hydrogen-bond donors (Lipinski definition) is 2. The van der Waals surface area contributed by atoms with Crippen molar-refractivity contribution in [3.05, 3.63) is 12.3 Å². The minimum atomic E-state index is 0.0330. The van der Waals surface area contributed by atoms with Crippen LogP contribution in [0.5, 0.6) is 0 Å². The molecule has 0 aromatic carbocycles. The van der Waals surface area contributed by atoms with Crippen molar-refractivity contribution in [1.82, 2.24) is 15.4 Å². The molecule has 1 saturated carbocycles. The van der Waals surface area contributed by atoms with Gasteiger partial charge in [0.25, 0.3) is 0 Å². The van der Waals surface area contributed by atoms with E-state index in [-0.39, 0.29) is 7.05 Å². The average molecular weight is 191 g/mol. The van der Waals surface area contributed by atoms with Crippen molar-refractivity contribution in [3.8, 4) is 0 Å². The first-order valence-corrected chi connectivity index (χ1v) is 5.34. The first-order valence-electron chi connectivity index (χ1n) is 5.34. The summed E-state index contributed by atoms with van der Waals surface area (Å²) in [4.78, 5) is 0. The quantitative estimate of drug-likeness (QED) is 0.616. The largest absolute Gasteiger partial charge is 0.435 e. The van der Waals surface area contributed by atoms with E-state index in [1.165, 1.54) is 25.7 Å². The number of H-pyrrole nitrogens is 1. The second kappa shape index (κ2) is 3.40. The van der Waals surface area contributed by atoms with Crippen molar-refractivity contribution >= 4 is 12.6 Å². The van der Waals surface area contributed by atoms with Crippen molar-refractivity contribution in [2.45, 2.75) is 37.8 Å². The second-order valence-electron chi connectivity index (χ2n) is 4.12. The lowest BCUT2D eigenvalue weighted by Gasteiger charge is -2.23. The number of fused-ring (bicyclic) bond motifs is 1. The highest BCUT2D eigenvalue weighted by atomic mass is 16.5. The zero-order valence-electron chi connectivity index (χ0n) is 8.07. The minimum absolute atomic E-state index is 0.0330. The molecule has 2 heterocycles. The van der Waals surface area contributed by atoms with Gasteiger partial charge in [0.2, 0.25) is 0 Å². The second-order valence-corrected chi connectivity index (χ2v) is 4.12. The van der Waals surface area contributed by atoms with Gasteiger partial charge in [0.15, 0.2) is 0 Å². The third-order valence-corrected chi connectivity index (χ3v) is 3.18. The van der Waals surface area contributed by atoms with E-state index in [9.17, 15) is 0 Å². The van der Waals surface area contributed by atoms with E-state index in [4.69, 9.17) is 4.65 Å². The lowest BCUT2D eigenvalue weighted by Crippen LogP contribution is -2.45. The molecule has 5 heteroatoms. The number of rotatable bonds is 1. The molecule has 3 rings (SSSR count). The van der Waals surface area contributed by atoms with E-state index in [1.54, 1.807) is 6.20 Å². The van der Waals surface area contributed by atoms with Gasteiger partial charge in [-0.1, -0.05) is 12.8 Å². The fourth-order valence-corrected chi connectivity index (χ4v) is 2.43. The SMILES string of the molecule is c1cc(B2N[C@H]3CCCC[C@H]3O2)[nH]n1. The molecule has 0 unspecified atom stereocenters. The van der Waals surface area contributed by atoms with Crippen LogP contribution in [0, 0.1) is 0 Å². The Morgan fingerprint density at radius 1 is 1.43 bits per heavy atom.